The summed E-state index contributed by atoms with van der Waals surface area (Å²) in [6.07, 6.45) is 0.204. The molecule has 0 amide bonds. The maximum absolute atomic E-state index is 11.2. The predicted molar refractivity (Wildman–Crippen MR) is 56.4 cm³/mol. The van der Waals surface area contributed by atoms with Gasteiger partial charge in [-0.1, -0.05) is 25.1 Å². The summed E-state index contributed by atoms with van der Waals surface area (Å²) in [4.78, 5) is 11.2. The summed E-state index contributed by atoms with van der Waals surface area (Å²) in [5.41, 5.74) is 0. The van der Waals surface area contributed by atoms with Crippen LogP contribution in [-0.4, -0.2) is 15.8 Å². The van der Waals surface area contributed by atoms with E-state index in [9.17, 15) is 4.79 Å². The summed E-state index contributed by atoms with van der Waals surface area (Å²) in [7, 11) is 0. The second-order valence-electron chi connectivity index (χ2n) is 2.91. The zero-order valence-electron chi connectivity index (χ0n) is 7.84. The summed E-state index contributed by atoms with van der Waals surface area (Å²) in [5.74, 6) is 0.206. The number of benzene rings is 1. The first kappa shape index (κ1) is 11.1. The summed E-state index contributed by atoms with van der Waals surface area (Å²) < 4.78 is 13.7. The number of carbonyl (C=O) groups excluding carboxylic acids is 1. The SMILES string of the molecule is CC(CC(=O)Oc1ccccc1)SO. The molecule has 14 heavy (non-hydrogen) atoms. The topological polar surface area (TPSA) is 46.5 Å². The Hall–Kier alpha value is -1.00. The van der Waals surface area contributed by atoms with Gasteiger partial charge in [-0.3, -0.25) is 4.79 Å². The molecular formula is C10H12O3S. The molecular weight excluding hydrogens is 200 g/mol. The number of para-hydroxylation sites is 1. The standard InChI is InChI=1S/C10H12O3S/c1-8(14-12)7-10(11)13-9-5-3-2-4-6-9/h2-6,8,12H,7H2,1H3. The van der Waals surface area contributed by atoms with Gasteiger partial charge in [-0.05, 0) is 24.2 Å². The minimum absolute atomic E-state index is 0.133. The van der Waals surface area contributed by atoms with Gasteiger partial charge in [-0.25, -0.2) is 0 Å². The first-order valence-corrected chi connectivity index (χ1v) is 5.12. The molecule has 0 saturated carbocycles. The van der Waals surface area contributed by atoms with E-state index < -0.39 is 0 Å². The fourth-order valence-electron chi connectivity index (χ4n) is 0.934. The average Bonchev–Trinajstić information content (AvgIpc) is 2.19. The van der Waals surface area contributed by atoms with Crippen molar-refractivity contribution in [3.8, 4) is 5.75 Å². The van der Waals surface area contributed by atoms with Gasteiger partial charge < -0.3 is 9.29 Å². The molecule has 1 atom stereocenters. The first-order chi connectivity index (χ1) is 6.72. The van der Waals surface area contributed by atoms with Crippen molar-refractivity contribution in [1.82, 2.24) is 0 Å². The predicted octanol–water partition coefficient (Wildman–Crippen LogP) is 2.58. The van der Waals surface area contributed by atoms with Gasteiger partial charge in [0.1, 0.15) is 5.75 Å². The molecule has 0 fully saturated rings. The van der Waals surface area contributed by atoms with Gasteiger partial charge >= 0.3 is 5.97 Å². The molecule has 1 unspecified atom stereocenters. The summed E-state index contributed by atoms with van der Waals surface area (Å²) in [6.45, 7) is 1.76. The van der Waals surface area contributed by atoms with Gasteiger partial charge in [-0.15, -0.1) is 0 Å². The van der Waals surface area contributed by atoms with Crippen molar-refractivity contribution in [1.29, 1.82) is 0 Å². The Bertz CT molecular complexity index is 287. The molecule has 1 aromatic rings. The molecule has 0 radical (unpaired) electrons. The van der Waals surface area contributed by atoms with Crippen LogP contribution in [0.15, 0.2) is 30.3 Å². The average molecular weight is 212 g/mol. The van der Waals surface area contributed by atoms with E-state index in [4.69, 9.17) is 9.29 Å². The molecule has 1 aromatic carbocycles. The Balaban J connectivity index is 2.42. The fraction of sp³-hybridized carbons (Fsp3) is 0.300. The molecule has 3 nitrogen and oxygen atoms in total. The van der Waals surface area contributed by atoms with Crippen molar-refractivity contribution in [3.05, 3.63) is 30.3 Å². The maximum atomic E-state index is 11.2. The molecule has 0 aliphatic rings. The van der Waals surface area contributed by atoms with Crippen LogP contribution in [0.1, 0.15) is 13.3 Å². The van der Waals surface area contributed by atoms with E-state index in [0.29, 0.717) is 17.8 Å². The van der Waals surface area contributed by atoms with Gasteiger partial charge in [0.05, 0.1) is 6.42 Å². The number of rotatable bonds is 4. The number of ether oxygens (including phenoxy) is 1. The Morgan fingerprint density at radius 1 is 1.50 bits per heavy atom. The number of hydrogen-bond donors (Lipinski definition) is 1. The zero-order valence-corrected chi connectivity index (χ0v) is 8.66. The van der Waals surface area contributed by atoms with Crippen LogP contribution in [0, 0.1) is 0 Å². The van der Waals surface area contributed by atoms with Crippen LogP contribution in [0.3, 0.4) is 0 Å². The number of esters is 1. The van der Waals surface area contributed by atoms with E-state index in [1.165, 1.54) is 0 Å². The van der Waals surface area contributed by atoms with E-state index in [1.807, 2.05) is 6.07 Å². The highest BCUT2D eigenvalue weighted by Crippen LogP contribution is 2.13. The van der Waals surface area contributed by atoms with Crippen LogP contribution < -0.4 is 4.74 Å². The monoisotopic (exact) mass is 212 g/mol. The maximum Gasteiger partial charge on any atom is 0.312 e. The van der Waals surface area contributed by atoms with Gasteiger partial charge in [0.2, 0.25) is 0 Å². The highest BCUT2D eigenvalue weighted by atomic mass is 32.2. The van der Waals surface area contributed by atoms with Crippen LogP contribution in [0.5, 0.6) is 5.75 Å². The Morgan fingerprint density at radius 3 is 2.71 bits per heavy atom. The molecule has 4 heteroatoms. The molecule has 76 valence electrons. The molecule has 1 N–H and O–H groups in total. The molecule has 0 heterocycles. The van der Waals surface area contributed by atoms with Gasteiger partial charge in [0.15, 0.2) is 0 Å². The van der Waals surface area contributed by atoms with Gasteiger partial charge in [-0.2, -0.15) is 0 Å². The highest BCUT2D eigenvalue weighted by Gasteiger charge is 2.10. The lowest BCUT2D eigenvalue weighted by Gasteiger charge is -2.06. The van der Waals surface area contributed by atoms with Crippen molar-refractivity contribution >= 4 is 18.0 Å². The second-order valence-corrected chi connectivity index (χ2v) is 3.92. The number of hydrogen-bond acceptors (Lipinski definition) is 4. The minimum atomic E-state index is -0.328. The van der Waals surface area contributed by atoms with Crippen LogP contribution in [0.25, 0.3) is 0 Å². The highest BCUT2D eigenvalue weighted by molar-refractivity contribution is 7.94. The van der Waals surface area contributed by atoms with Crippen LogP contribution in [0.4, 0.5) is 0 Å². The first-order valence-electron chi connectivity index (χ1n) is 4.28. The quantitative estimate of drug-likeness (QED) is 0.473. The van der Waals surface area contributed by atoms with Crippen molar-refractivity contribution in [3.63, 3.8) is 0 Å². The van der Waals surface area contributed by atoms with E-state index in [0.717, 1.165) is 0 Å². The zero-order chi connectivity index (χ0) is 10.4. The molecule has 1 rings (SSSR count). The Labute approximate surface area is 87.3 Å². The lowest BCUT2D eigenvalue weighted by molar-refractivity contribution is -0.134. The van der Waals surface area contributed by atoms with Crippen molar-refractivity contribution in [2.75, 3.05) is 0 Å². The van der Waals surface area contributed by atoms with E-state index >= 15 is 0 Å². The van der Waals surface area contributed by atoms with Crippen LogP contribution in [-0.2, 0) is 4.79 Å². The third-order valence-electron chi connectivity index (χ3n) is 1.61. The van der Waals surface area contributed by atoms with E-state index in [2.05, 4.69) is 0 Å². The number of carbonyl (C=O) groups is 1. The third-order valence-corrected chi connectivity index (χ3v) is 2.14. The van der Waals surface area contributed by atoms with Crippen molar-refractivity contribution in [2.45, 2.75) is 18.6 Å². The second kappa shape index (κ2) is 5.67. The summed E-state index contributed by atoms with van der Waals surface area (Å²) in [6, 6.07) is 8.88. The summed E-state index contributed by atoms with van der Waals surface area (Å²) in [5, 5.41) is -0.133. The molecule has 0 aromatic heterocycles. The Morgan fingerprint density at radius 2 is 2.14 bits per heavy atom. The van der Waals surface area contributed by atoms with Crippen LogP contribution >= 0.6 is 12.0 Å². The normalized spacial score (nSPS) is 12.1. The molecule has 0 spiro atoms. The molecule has 0 saturated heterocycles. The Kier molecular flexibility index (Phi) is 4.49. The van der Waals surface area contributed by atoms with Crippen molar-refractivity contribution in [2.24, 2.45) is 0 Å². The third kappa shape index (κ3) is 3.81. The molecule has 0 bridgehead atoms. The van der Waals surface area contributed by atoms with Gasteiger partial charge in [0.25, 0.3) is 0 Å². The van der Waals surface area contributed by atoms with Gasteiger partial charge in [0, 0.05) is 5.25 Å². The van der Waals surface area contributed by atoms with E-state index in [-0.39, 0.29) is 17.6 Å². The van der Waals surface area contributed by atoms with Crippen molar-refractivity contribution < 1.29 is 14.1 Å². The summed E-state index contributed by atoms with van der Waals surface area (Å²) >= 11 is 0.663. The van der Waals surface area contributed by atoms with Crippen LogP contribution in [0.2, 0.25) is 0 Å². The lowest BCUT2D eigenvalue weighted by atomic mass is 10.3. The molecule has 0 aliphatic carbocycles. The lowest BCUT2D eigenvalue weighted by Crippen LogP contribution is -2.13. The van der Waals surface area contributed by atoms with E-state index in [1.54, 1.807) is 31.2 Å². The smallest absolute Gasteiger partial charge is 0.312 e. The minimum Gasteiger partial charge on any atom is -0.427 e. The largest absolute Gasteiger partial charge is 0.427 e. The molecule has 0 aliphatic heterocycles. The fourth-order valence-corrected chi connectivity index (χ4v) is 1.14.